The van der Waals surface area contributed by atoms with Crippen molar-refractivity contribution in [1.82, 2.24) is 5.32 Å². The Hall–Kier alpha value is -3.86. The molecule has 2 N–H and O–H groups in total. The number of ether oxygens (including phenoxy) is 3. The zero-order valence-corrected chi connectivity index (χ0v) is 19.9. The zero-order chi connectivity index (χ0) is 24.8. The molecule has 1 heterocycles. The summed E-state index contributed by atoms with van der Waals surface area (Å²) in [6.07, 6.45) is 1.31. The molecule has 1 aliphatic rings. The third-order valence-corrected chi connectivity index (χ3v) is 5.08. The molecule has 0 aromatic heterocycles. The number of barbiturate groups is 1. The largest absolute Gasteiger partial charge is 0.494 e. The first-order valence-corrected chi connectivity index (χ1v) is 11.0. The van der Waals surface area contributed by atoms with Crippen LogP contribution in [0.1, 0.15) is 19.4 Å². The minimum Gasteiger partial charge on any atom is -0.494 e. The van der Waals surface area contributed by atoms with Crippen LogP contribution in [0.4, 0.5) is 10.5 Å². The number of anilines is 1. The Bertz CT molecular complexity index is 1160. The number of nitrogens with one attached hydrogen (secondary N) is 1. The third-order valence-electron chi connectivity index (χ3n) is 4.49. The molecular formula is C23H21BrN2O8. The Morgan fingerprint density at radius 1 is 1.06 bits per heavy atom. The van der Waals surface area contributed by atoms with Crippen LogP contribution in [0.3, 0.4) is 0 Å². The predicted molar refractivity (Wildman–Crippen MR) is 125 cm³/mol. The first-order valence-electron chi connectivity index (χ1n) is 10.2. The summed E-state index contributed by atoms with van der Waals surface area (Å²) in [5.74, 6) is -1.87. The van der Waals surface area contributed by atoms with E-state index in [4.69, 9.17) is 19.3 Å². The van der Waals surface area contributed by atoms with Gasteiger partial charge in [0.15, 0.2) is 18.1 Å². The van der Waals surface area contributed by atoms with Gasteiger partial charge in [-0.3, -0.25) is 14.9 Å². The first kappa shape index (κ1) is 24.8. The molecule has 0 spiro atoms. The van der Waals surface area contributed by atoms with Crippen LogP contribution in [0.25, 0.3) is 6.08 Å². The number of nitrogens with zero attached hydrogens (tertiary/aromatic N) is 1. The Morgan fingerprint density at radius 2 is 1.74 bits per heavy atom. The maximum absolute atomic E-state index is 13.1. The number of hydrogen-bond donors (Lipinski definition) is 2. The second kappa shape index (κ2) is 10.8. The highest BCUT2D eigenvalue weighted by molar-refractivity contribution is 9.10. The Kier molecular flexibility index (Phi) is 7.90. The van der Waals surface area contributed by atoms with Crippen molar-refractivity contribution < 1.29 is 38.5 Å². The molecule has 3 rings (SSSR count). The van der Waals surface area contributed by atoms with Crippen LogP contribution in [-0.2, 0) is 14.4 Å². The number of carbonyl (C=O) groups excluding carboxylic acids is 3. The van der Waals surface area contributed by atoms with E-state index in [2.05, 4.69) is 21.2 Å². The van der Waals surface area contributed by atoms with Crippen molar-refractivity contribution in [3.05, 3.63) is 52.0 Å². The summed E-state index contributed by atoms with van der Waals surface area (Å²) in [5, 5.41) is 11.0. The number of carboxylic acid groups (broad SMARTS) is 1. The van der Waals surface area contributed by atoms with Gasteiger partial charge in [0.25, 0.3) is 11.8 Å². The summed E-state index contributed by atoms with van der Waals surface area (Å²) in [6.45, 7) is 3.70. The van der Waals surface area contributed by atoms with Gasteiger partial charge in [0.05, 0.1) is 23.4 Å². The van der Waals surface area contributed by atoms with E-state index in [1.165, 1.54) is 30.3 Å². The number of halogens is 1. The molecule has 11 heteroatoms. The highest BCUT2D eigenvalue weighted by Gasteiger charge is 2.37. The highest BCUT2D eigenvalue weighted by Crippen LogP contribution is 2.38. The van der Waals surface area contributed by atoms with E-state index >= 15 is 0 Å². The normalized spacial score (nSPS) is 14.7. The lowest BCUT2D eigenvalue weighted by Crippen LogP contribution is -2.54. The Balaban J connectivity index is 1.97. The summed E-state index contributed by atoms with van der Waals surface area (Å²) < 4.78 is 16.5. The minimum atomic E-state index is -1.16. The van der Waals surface area contributed by atoms with E-state index in [0.29, 0.717) is 22.4 Å². The molecule has 34 heavy (non-hydrogen) atoms. The molecule has 178 valence electrons. The van der Waals surface area contributed by atoms with Gasteiger partial charge in [-0.1, -0.05) is 0 Å². The molecule has 0 atom stereocenters. The van der Waals surface area contributed by atoms with Gasteiger partial charge in [-0.25, -0.2) is 14.5 Å². The smallest absolute Gasteiger partial charge is 0.341 e. The fourth-order valence-corrected chi connectivity index (χ4v) is 3.70. The number of amides is 4. The van der Waals surface area contributed by atoms with Gasteiger partial charge in [0, 0.05) is 0 Å². The number of carbonyl (C=O) groups is 4. The van der Waals surface area contributed by atoms with E-state index in [1.807, 2.05) is 6.92 Å². The average molecular weight is 533 g/mol. The van der Waals surface area contributed by atoms with E-state index < -0.39 is 30.4 Å². The molecular weight excluding hydrogens is 512 g/mol. The van der Waals surface area contributed by atoms with Gasteiger partial charge < -0.3 is 19.3 Å². The Labute approximate surface area is 203 Å². The molecule has 0 radical (unpaired) electrons. The molecule has 2 aromatic rings. The van der Waals surface area contributed by atoms with E-state index in [9.17, 15) is 19.2 Å². The van der Waals surface area contributed by atoms with E-state index in [0.717, 1.165) is 4.90 Å². The summed E-state index contributed by atoms with van der Waals surface area (Å²) in [6, 6.07) is 8.45. The van der Waals surface area contributed by atoms with Crippen molar-refractivity contribution in [3.8, 4) is 17.2 Å². The third kappa shape index (κ3) is 5.54. The second-order valence-electron chi connectivity index (χ2n) is 6.83. The number of imide groups is 2. The van der Waals surface area contributed by atoms with Crippen molar-refractivity contribution in [2.45, 2.75) is 13.8 Å². The van der Waals surface area contributed by atoms with Crippen molar-refractivity contribution in [2.75, 3.05) is 24.7 Å². The minimum absolute atomic E-state index is 0.164. The average Bonchev–Trinajstić information content (AvgIpc) is 2.77. The van der Waals surface area contributed by atoms with Gasteiger partial charge in [-0.05, 0) is 77.8 Å². The van der Waals surface area contributed by atoms with Crippen LogP contribution in [-0.4, -0.2) is 48.7 Å². The topological polar surface area (TPSA) is 131 Å². The van der Waals surface area contributed by atoms with Crippen LogP contribution in [0, 0.1) is 0 Å². The summed E-state index contributed by atoms with van der Waals surface area (Å²) in [4.78, 5) is 49.7. The van der Waals surface area contributed by atoms with Crippen molar-refractivity contribution in [3.63, 3.8) is 0 Å². The summed E-state index contributed by atoms with van der Waals surface area (Å²) in [7, 11) is 0. The number of carboxylic acids is 1. The standard InChI is InChI=1S/C23H21BrN2O8/c1-3-32-15-7-5-14(6-8-15)26-22(30)16(21(29)25-23(26)31)9-13-10-17(24)20(34-12-19(27)28)18(11-13)33-4-2/h5-11H,3-4,12H2,1-2H3,(H,27,28)(H,25,29,31)/b16-9+. The van der Waals surface area contributed by atoms with Gasteiger partial charge in [0.1, 0.15) is 11.3 Å². The highest BCUT2D eigenvalue weighted by atomic mass is 79.9. The SMILES string of the molecule is CCOc1ccc(N2C(=O)NC(=O)/C(=C\c3cc(Br)c(OCC(=O)O)c(OCC)c3)C2=O)cc1. The zero-order valence-electron chi connectivity index (χ0n) is 18.3. The lowest BCUT2D eigenvalue weighted by Gasteiger charge is -2.26. The van der Waals surface area contributed by atoms with Crippen LogP contribution >= 0.6 is 15.9 Å². The molecule has 1 fully saturated rings. The molecule has 4 amide bonds. The van der Waals surface area contributed by atoms with E-state index in [-0.39, 0.29) is 29.4 Å². The Morgan fingerprint density at radius 3 is 2.35 bits per heavy atom. The maximum Gasteiger partial charge on any atom is 0.341 e. The molecule has 0 unspecified atom stereocenters. The second-order valence-corrected chi connectivity index (χ2v) is 7.68. The van der Waals surface area contributed by atoms with Gasteiger partial charge in [0.2, 0.25) is 0 Å². The van der Waals surface area contributed by atoms with Gasteiger partial charge in [-0.2, -0.15) is 0 Å². The van der Waals surface area contributed by atoms with Crippen LogP contribution in [0.5, 0.6) is 17.2 Å². The predicted octanol–water partition coefficient (Wildman–Crippen LogP) is 3.38. The van der Waals surface area contributed by atoms with Crippen LogP contribution in [0.2, 0.25) is 0 Å². The number of rotatable bonds is 9. The number of hydrogen-bond acceptors (Lipinski definition) is 7. The van der Waals surface area contributed by atoms with Crippen LogP contribution in [0.15, 0.2) is 46.4 Å². The lowest BCUT2D eigenvalue weighted by molar-refractivity contribution is -0.139. The van der Waals surface area contributed by atoms with Crippen molar-refractivity contribution in [2.24, 2.45) is 0 Å². The fraction of sp³-hybridized carbons (Fsp3) is 0.217. The lowest BCUT2D eigenvalue weighted by atomic mass is 10.1. The molecule has 0 bridgehead atoms. The van der Waals surface area contributed by atoms with Gasteiger partial charge >= 0.3 is 12.0 Å². The quantitative estimate of drug-likeness (QED) is 0.371. The first-order chi connectivity index (χ1) is 16.2. The van der Waals surface area contributed by atoms with E-state index in [1.54, 1.807) is 19.1 Å². The fourth-order valence-electron chi connectivity index (χ4n) is 3.12. The van der Waals surface area contributed by atoms with Gasteiger partial charge in [-0.15, -0.1) is 0 Å². The summed E-state index contributed by atoms with van der Waals surface area (Å²) in [5.41, 5.74) is 0.373. The molecule has 0 aliphatic carbocycles. The molecule has 1 aliphatic heterocycles. The molecule has 1 saturated heterocycles. The van der Waals surface area contributed by atoms with Crippen molar-refractivity contribution in [1.29, 1.82) is 0 Å². The molecule has 0 saturated carbocycles. The summed E-state index contributed by atoms with van der Waals surface area (Å²) >= 11 is 3.30. The number of benzene rings is 2. The monoisotopic (exact) mass is 532 g/mol. The maximum atomic E-state index is 13.1. The van der Waals surface area contributed by atoms with Crippen molar-refractivity contribution >= 4 is 51.5 Å². The molecule has 10 nitrogen and oxygen atoms in total. The number of aliphatic carboxylic acids is 1. The number of urea groups is 1. The molecule has 2 aromatic carbocycles. The van der Waals surface area contributed by atoms with Crippen LogP contribution < -0.4 is 24.4 Å².